The molecule has 1 heteroatoms. The second-order valence-corrected chi connectivity index (χ2v) is 5.14. The first-order valence-electron chi connectivity index (χ1n) is 4.78. The number of benzene rings is 1. The van der Waals surface area contributed by atoms with E-state index in [9.17, 15) is 0 Å². The van der Waals surface area contributed by atoms with Crippen LogP contribution in [0.3, 0.4) is 0 Å². The van der Waals surface area contributed by atoms with E-state index in [2.05, 4.69) is 58.5 Å². The monoisotopic (exact) mass is 194 g/mol. The summed E-state index contributed by atoms with van der Waals surface area (Å²) in [4.78, 5) is 0. The number of hydrogen-bond donors (Lipinski definition) is 1. The Kier molecular flexibility index (Phi) is 3.07. The van der Waals surface area contributed by atoms with Gasteiger partial charge in [0.2, 0.25) is 0 Å². The molecule has 0 amide bonds. The normalized spacial score (nSPS) is 11.8. The van der Waals surface area contributed by atoms with Gasteiger partial charge in [-0.1, -0.05) is 25.1 Å². The highest BCUT2D eigenvalue weighted by Gasteiger charge is 2.19. The van der Waals surface area contributed by atoms with Crippen LogP contribution < -0.4 is 0 Å². The van der Waals surface area contributed by atoms with E-state index in [4.69, 9.17) is 0 Å². The van der Waals surface area contributed by atoms with Crippen molar-refractivity contribution >= 4 is 12.6 Å². The molecule has 0 fully saturated rings. The van der Waals surface area contributed by atoms with Gasteiger partial charge in [-0.2, -0.15) is 12.6 Å². The molecule has 0 nitrogen and oxygen atoms in total. The molecular weight excluding hydrogens is 176 g/mol. The standard InChI is InChI=1S/C12H18S/c1-5-10-8-6-7-9(2)11(10)12(3,4)13/h6-8,13H,5H2,1-4H3. The Morgan fingerprint density at radius 1 is 1.31 bits per heavy atom. The lowest BCUT2D eigenvalue weighted by Gasteiger charge is -2.24. The summed E-state index contributed by atoms with van der Waals surface area (Å²) in [6.45, 7) is 8.65. The van der Waals surface area contributed by atoms with Gasteiger partial charge in [-0.3, -0.25) is 0 Å². The molecule has 1 aromatic carbocycles. The summed E-state index contributed by atoms with van der Waals surface area (Å²) < 4.78 is -0.0311. The average molecular weight is 194 g/mol. The van der Waals surface area contributed by atoms with Gasteiger partial charge < -0.3 is 0 Å². The van der Waals surface area contributed by atoms with Crippen molar-refractivity contribution in [3.05, 3.63) is 34.9 Å². The minimum Gasteiger partial charge on any atom is -0.168 e. The molecule has 0 N–H and O–H groups in total. The molecule has 0 bridgehead atoms. The van der Waals surface area contributed by atoms with Gasteiger partial charge in [0.1, 0.15) is 0 Å². The molecule has 1 aromatic rings. The van der Waals surface area contributed by atoms with E-state index in [1.54, 1.807) is 0 Å². The highest BCUT2D eigenvalue weighted by molar-refractivity contribution is 7.81. The molecule has 0 aliphatic rings. The Labute approximate surface area is 86.8 Å². The number of rotatable bonds is 2. The SMILES string of the molecule is CCc1cccc(C)c1C(C)(C)S. The zero-order valence-corrected chi connectivity index (χ0v) is 9.78. The van der Waals surface area contributed by atoms with Gasteiger partial charge >= 0.3 is 0 Å². The summed E-state index contributed by atoms with van der Waals surface area (Å²) in [5, 5.41) is 0. The summed E-state index contributed by atoms with van der Waals surface area (Å²) in [5.41, 5.74) is 4.15. The van der Waals surface area contributed by atoms with Crippen LogP contribution in [-0.2, 0) is 11.2 Å². The Bertz CT molecular complexity index is 294. The second-order valence-electron chi connectivity index (χ2n) is 4.02. The molecule has 0 spiro atoms. The van der Waals surface area contributed by atoms with Gasteiger partial charge in [-0.05, 0) is 43.9 Å². The summed E-state index contributed by atoms with van der Waals surface area (Å²) in [7, 11) is 0. The molecule has 0 aliphatic carbocycles. The van der Waals surface area contributed by atoms with Crippen LogP contribution in [0.15, 0.2) is 18.2 Å². The third-order valence-electron chi connectivity index (χ3n) is 2.35. The maximum absolute atomic E-state index is 4.64. The van der Waals surface area contributed by atoms with Crippen molar-refractivity contribution in [1.82, 2.24) is 0 Å². The molecule has 0 aliphatic heterocycles. The van der Waals surface area contributed by atoms with Gasteiger partial charge in [0, 0.05) is 4.75 Å². The molecule has 0 aromatic heterocycles. The quantitative estimate of drug-likeness (QED) is 0.682. The molecule has 0 saturated carbocycles. The first-order valence-corrected chi connectivity index (χ1v) is 5.23. The summed E-state index contributed by atoms with van der Waals surface area (Å²) in [6, 6.07) is 6.48. The summed E-state index contributed by atoms with van der Waals surface area (Å²) in [6.07, 6.45) is 1.08. The average Bonchev–Trinajstić information content (AvgIpc) is 2.01. The van der Waals surface area contributed by atoms with Gasteiger partial charge in [0.25, 0.3) is 0 Å². The lowest BCUT2D eigenvalue weighted by atomic mass is 9.91. The number of hydrogen-bond acceptors (Lipinski definition) is 1. The zero-order valence-electron chi connectivity index (χ0n) is 8.89. The predicted octanol–water partition coefficient (Wildman–Crippen LogP) is 3.72. The Morgan fingerprint density at radius 3 is 2.31 bits per heavy atom. The van der Waals surface area contributed by atoms with Crippen molar-refractivity contribution in [2.45, 2.75) is 38.9 Å². The van der Waals surface area contributed by atoms with Crippen molar-refractivity contribution in [2.75, 3.05) is 0 Å². The summed E-state index contributed by atoms with van der Waals surface area (Å²) >= 11 is 4.64. The van der Waals surface area contributed by atoms with E-state index < -0.39 is 0 Å². The number of aryl methyl sites for hydroxylation is 2. The molecule has 0 radical (unpaired) electrons. The van der Waals surface area contributed by atoms with Crippen molar-refractivity contribution in [1.29, 1.82) is 0 Å². The second kappa shape index (κ2) is 3.75. The van der Waals surface area contributed by atoms with E-state index in [0.29, 0.717) is 0 Å². The molecule has 0 unspecified atom stereocenters. The van der Waals surface area contributed by atoms with Crippen molar-refractivity contribution < 1.29 is 0 Å². The lowest BCUT2D eigenvalue weighted by molar-refractivity contribution is 0.767. The van der Waals surface area contributed by atoms with Crippen LogP contribution in [0.5, 0.6) is 0 Å². The van der Waals surface area contributed by atoms with Crippen LogP contribution in [0.2, 0.25) is 0 Å². The molecule has 0 saturated heterocycles. The van der Waals surface area contributed by atoms with E-state index >= 15 is 0 Å². The molecule has 1 rings (SSSR count). The van der Waals surface area contributed by atoms with Gasteiger partial charge in [0.15, 0.2) is 0 Å². The fourth-order valence-corrected chi connectivity index (χ4v) is 2.22. The van der Waals surface area contributed by atoms with Crippen LogP contribution in [0.4, 0.5) is 0 Å². The van der Waals surface area contributed by atoms with Gasteiger partial charge in [0.05, 0.1) is 0 Å². The van der Waals surface area contributed by atoms with Crippen LogP contribution >= 0.6 is 12.6 Å². The van der Waals surface area contributed by atoms with E-state index in [-0.39, 0.29) is 4.75 Å². The lowest BCUT2D eigenvalue weighted by Crippen LogP contribution is -2.13. The van der Waals surface area contributed by atoms with Crippen LogP contribution in [0.1, 0.15) is 37.5 Å². The first-order chi connectivity index (χ1) is 5.96. The minimum atomic E-state index is -0.0311. The van der Waals surface area contributed by atoms with Crippen LogP contribution in [-0.4, -0.2) is 0 Å². The van der Waals surface area contributed by atoms with Gasteiger partial charge in [-0.25, -0.2) is 0 Å². The predicted molar refractivity (Wildman–Crippen MR) is 62.6 cm³/mol. The van der Waals surface area contributed by atoms with E-state index in [1.807, 2.05) is 0 Å². The van der Waals surface area contributed by atoms with Crippen LogP contribution in [0, 0.1) is 6.92 Å². The maximum Gasteiger partial charge on any atom is 0.0327 e. The highest BCUT2D eigenvalue weighted by atomic mass is 32.1. The third kappa shape index (κ3) is 2.28. The van der Waals surface area contributed by atoms with Crippen LogP contribution in [0.25, 0.3) is 0 Å². The molecule has 0 heterocycles. The Hall–Kier alpha value is -0.430. The maximum atomic E-state index is 4.64. The molecule has 0 atom stereocenters. The minimum absolute atomic E-state index is 0.0311. The van der Waals surface area contributed by atoms with Crippen molar-refractivity contribution in [2.24, 2.45) is 0 Å². The largest absolute Gasteiger partial charge is 0.168 e. The smallest absolute Gasteiger partial charge is 0.0327 e. The first kappa shape index (κ1) is 10.6. The highest BCUT2D eigenvalue weighted by Crippen LogP contribution is 2.32. The van der Waals surface area contributed by atoms with E-state index in [1.165, 1.54) is 16.7 Å². The van der Waals surface area contributed by atoms with Crippen molar-refractivity contribution in [3.8, 4) is 0 Å². The zero-order chi connectivity index (χ0) is 10.1. The Balaban J connectivity index is 3.32. The fourth-order valence-electron chi connectivity index (χ4n) is 1.90. The van der Waals surface area contributed by atoms with E-state index in [0.717, 1.165) is 6.42 Å². The molecular formula is C12H18S. The summed E-state index contributed by atoms with van der Waals surface area (Å²) in [5.74, 6) is 0. The third-order valence-corrected chi connectivity index (χ3v) is 2.58. The topological polar surface area (TPSA) is 0 Å². The van der Waals surface area contributed by atoms with Crippen molar-refractivity contribution in [3.63, 3.8) is 0 Å². The van der Waals surface area contributed by atoms with Gasteiger partial charge in [-0.15, -0.1) is 0 Å². The number of thiol groups is 1. The molecule has 13 heavy (non-hydrogen) atoms. The molecule has 72 valence electrons. The Morgan fingerprint density at radius 2 is 1.92 bits per heavy atom. The fraction of sp³-hybridized carbons (Fsp3) is 0.500.